The molecule has 0 atom stereocenters. The molecule has 3 heteroatoms. The standard InChI is InChI=1S/C11H16N2O/c1-8(2)4-5-14-11-10(12)6-9(3)7-13-11/h6-7H,1,4-5,12H2,2-3H3. The molecule has 1 rings (SSSR count). The van der Waals surface area contributed by atoms with E-state index in [0.29, 0.717) is 18.2 Å². The average molecular weight is 192 g/mol. The summed E-state index contributed by atoms with van der Waals surface area (Å²) in [5.41, 5.74) is 8.45. The predicted octanol–water partition coefficient (Wildman–Crippen LogP) is 2.32. The highest BCUT2D eigenvalue weighted by atomic mass is 16.5. The third kappa shape index (κ3) is 3.09. The molecule has 0 radical (unpaired) electrons. The van der Waals surface area contributed by atoms with Gasteiger partial charge in [-0.25, -0.2) is 4.98 Å². The molecule has 1 aromatic heterocycles. The van der Waals surface area contributed by atoms with E-state index in [-0.39, 0.29) is 0 Å². The van der Waals surface area contributed by atoms with Crippen LogP contribution in [0.15, 0.2) is 24.4 Å². The summed E-state index contributed by atoms with van der Waals surface area (Å²) in [5.74, 6) is 0.511. The smallest absolute Gasteiger partial charge is 0.237 e. The maximum atomic E-state index is 5.73. The maximum absolute atomic E-state index is 5.73. The van der Waals surface area contributed by atoms with Gasteiger partial charge >= 0.3 is 0 Å². The second-order valence-corrected chi connectivity index (χ2v) is 3.46. The Morgan fingerprint density at radius 1 is 1.64 bits per heavy atom. The second-order valence-electron chi connectivity index (χ2n) is 3.46. The summed E-state index contributed by atoms with van der Waals surface area (Å²) in [4.78, 5) is 4.10. The quantitative estimate of drug-likeness (QED) is 0.745. The molecule has 1 aromatic rings. The summed E-state index contributed by atoms with van der Waals surface area (Å²) in [7, 11) is 0. The number of aromatic nitrogens is 1. The number of aryl methyl sites for hydroxylation is 1. The van der Waals surface area contributed by atoms with Crippen molar-refractivity contribution in [3.8, 4) is 5.88 Å². The zero-order valence-electron chi connectivity index (χ0n) is 8.71. The van der Waals surface area contributed by atoms with Gasteiger partial charge in [-0.15, -0.1) is 6.58 Å². The van der Waals surface area contributed by atoms with E-state index in [1.807, 2.05) is 19.9 Å². The summed E-state index contributed by atoms with van der Waals surface area (Å²) >= 11 is 0. The maximum Gasteiger partial charge on any atom is 0.237 e. The van der Waals surface area contributed by atoms with Crippen molar-refractivity contribution in [3.63, 3.8) is 0 Å². The number of nitrogens with two attached hydrogens (primary N) is 1. The molecule has 0 saturated carbocycles. The van der Waals surface area contributed by atoms with E-state index in [2.05, 4.69) is 11.6 Å². The Kier molecular flexibility index (Phi) is 3.51. The van der Waals surface area contributed by atoms with Gasteiger partial charge in [-0.05, 0) is 25.5 Å². The first-order valence-corrected chi connectivity index (χ1v) is 4.59. The molecule has 2 N–H and O–H groups in total. The topological polar surface area (TPSA) is 48.1 Å². The normalized spacial score (nSPS) is 9.86. The van der Waals surface area contributed by atoms with Crippen LogP contribution in [-0.2, 0) is 0 Å². The second kappa shape index (κ2) is 4.65. The Morgan fingerprint density at radius 3 is 2.93 bits per heavy atom. The molecule has 0 spiro atoms. The van der Waals surface area contributed by atoms with Gasteiger partial charge in [0, 0.05) is 12.6 Å². The fourth-order valence-electron chi connectivity index (χ4n) is 1.02. The Bertz CT molecular complexity index is 334. The molecule has 0 fully saturated rings. The SMILES string of the molecule is C=C(C)CCOc1ncc(C)cc1N. The van der Waals surface area contributed by atoms with E-state index in [1.54, 1.807) is 6.20 Å². The van der Waals surface area contributed by atoms with Gasteiger partial charge in [0.05, 0.1) is 12.3 Å². The van der Waals surface area contributed by atoms with Crippen LogP contribution in [0, 0.1) is 6.92 Å². The van der Waals surface area contributed by atoms with Gasteiger partial charge in [-0.3, -0.25) is 0 Å². The van der Waals surface area contributed by atoms with Gasteiger partial charge in [0.2, 0.25) is 5.88 Å². The largest absolute Gasteiger partial charge is 0.476 e. The molecule has 76 valence electrons. The molecule has 0 aliphatic rings. The highest BCUT2D eigenvalue weighted by Gasteiger charge is 2.01. The van der Waals surface area contributed by atoms with E-state index in [4.69, 9.17) is 10.5 Å². The van der Waals surface area contributed by atoms with E-state index in [0.717, 1.165) is 17.6 Å². The Balaban J connectivity index is 2.55. The van der Waals surface area contributed by atoms with Crippen molar-refractivity contribution in [2.45, 2.75) is 20.3 Å². The van der Waals surface area contributed by atoms with Gasteiger partial charge in [-0.1, -0.05) is 5.57 Å². The van der Waals surface area contributed by atoms with Crippen molar-refractivity contribution in [3.05, 3.63) is 30.0 Å². The van der Waals surface area contributed by atoms with Crippen LogP contribution in [0.3, 0.4) is 0 Å². The molecule has 0 aromatic carbocycles. The number of nitrogens with zero attached hydrogens (tertiary/aromatic N) is 1. The number of nitrogen functional groups attached to an aromatic ring is 1. The summed E-state index contributed by atoms with van der Waals surface area (Å²) in [6.45, 7) is 8.28. The van der Waals surface area contributed by atoms with E-state index < -0.39 is 0 Å². The first-order chi connectivity index (χ1) is 6.59. The molecule has 0 unspecified atom stereocenters. The molecule has 0 amide bonds. The van der Waals surface area contributed by atoms with Crippen LogP contribution in [0.1, 0.15) is 18.9 Å². The number of hydrogen-bond acceptors (Lipinski definition) is 3. The summed E-state index contributed by atoms with van der Waals surface area (Å²) < 4.78 is 5.41. The molecule has 3 nitrogen and oxygen atoms in total. The Hall–Kier alpha value is -1.51. The van der Waals surface area contributed by atoms with Crippen molar-refractivity contribution in [1.29, 1.82) is 0 Å². The zero-order valence-corrected chi connectivity index (χ0v) is 8.71. The third-order valence-corrected chi connectivity index (χ3v) is 1.78. The molecule has 0 aliphatic carbocycles. The number of pyridine rings is 1. The van der Waals surface area contributed by atoms with Crippen molar-refractivity contribution in [2.24, 2.45) is 0 Å². The van der Waals surface area contributed by atoms with Crippen LogP contribution in [0.5, 0.6) is 5.88 Å². The van der Waals surface area contributed by atoms with Crippen LogP contribution in [-0.4, -0.2) is 11.6 Å². The van der Waals surface area contributed by atoms with Gasteiger partial charge in [0.15, 0.2) is 0 Å². The zero-order chi connectivity index (χ0) is 10.6. The lowest BCUT2D eigenvalue weighted by Gasteiger charge is -2.07. The minimum Gasteiger partial charge on any atom is -0.476 e. The average Bonchev–Trinajstić information content (AvgIpc) is 2.08. The molecular formula is C11H16N2O. The molecular weight excluding hydrogens is 176 g/mol. The molecule has 14 heavy (non-hydrogen) atoms. The fourth-order valence-corrected chi connectivity index (χ4v) is 1.02. The van der Waals surface area contributed by atoms with Gasteiger partial charge < -0.3 is 10.5 Å². The lowest BCUT2D eigenvalue weighted by Crippen LogP contribution is -2.02. The molecule has 0 aliphatic heterocycles. The summed E-state index contributed by atoms with van der Waals surface area (Å²) in [6, 6.07) is 1.85. The Morgan fingerprint density at radius 2 is 2.36 bits per heavy atom. The minimum absolute atomic E-state index is 0.511. The van der Waals surface area contributed by atoms with Crippen LogP contribution in [0.2, 0.25) is 0 Å². The molecule has 0 saturated heterocycles. The molecule has 1 heterocycles. The van der Waals surface area contributed by atoms with Crippen molar-refractivity contribution in [2.75, 3.05) is 12.3 Å². The lowest BCUT2D eigenvalue weighted by atomic mass is 10.2. The van der Waals surface area contributed by atoms with Crippen LogP contribution < -0.4 is 10.5 Å². The predicted molar refractivity (Wildman–Crippen MR) is 58.3 cm³/mol. The first-order valence-electron chi connectivity index (χ1n) is 4.59. The van der Waals surface area contributed by atoms with Crippen LogP contribution >= 0.6 is 0 Å². The third-order valence-electron chi connectivity index (χ3n) is 1.78. The van der Waals surface area contributed by atoms with Crippen LogP contribution in [0.25, 0.3) is 0 Å². The van der Waals surface area contributed by atoms with Crippen LogP contribution in [0.4, 0.5) is 5.69 Å². The molecule has 0 bridgehead atoms. The van der Waals surface area contributed by atoms with Gasteiger partial charge in [0.1, 0.15) is 0 Å². The highest BCUT2D eigenvalue weighted by Crippen LogP contribution is 2.18. The number of rotatable bonds is 4. The fraction of sp³-hybridized carbons (Fsp3) is 0.364. The van der Waals surface area contributed by atoms with E-state index in [1.165, 1.54) is 0 Å². The van der Waals surface area contributed by atoms with Crippen molar-refractivity contribution < 1.29 is 4.74 Å². The lowest BCUT2D eigenvalue weighted by molar-refractivity contribution is 0.311. The number of anilines is 1. The highest BCUT2D eigenvalue weighted by molar-refractivity contribution is 5.49. The number of ether oxygens (including phenoxy) is 1. The van der Waals surface area contributed by atoms with Gasteiger partial charge in [-0.2, -0.15) is 0 Å². The summed E-state index contributed by atoms with van der Waals surface area (Å²) in [5, 5.41) is 0. The monoisotopic (exact) mass is 192 g/mol. The van der Waals surface area contributed by atoms with Gasteiger partial charge in [0.25, 0.3) is 0 Å². The number of hydrogen-bond donors (Lipinski definition) is 1. The van der Waals surface area contributed by atoms with E-state index >= 15 is 0 Å². The van der Waals surface area contributed by atoms with Crippen molar-refractivity contribution >= 4 is 5.69 Å². The van der Waals surface area contributed by atoms with Crippen molar-refractivity contribution in [1.82, 2.24) is 4.98 Å². The summed E-state index contributed by atoms with van der Waals surface area (Å²) in [6.07, 6.45) is 2.57. The van der Waals surface area contributed by atoms with E-state index in [9.17, 15) is 0 Å². The Labute approximate surface area is 84.6 Å². The first kappa shape index (κ1) is 10.6. The minimum atomic E-state index is 0.511.